The van der Waals surface area contributed by atoms with Crippen molar-refractivity contribution in [2.45, 2.75) is 72.8 Å². The van der Waals surface area contributed by atoms with Crippen LogP contribution >= 0.6 is 0 Å². The van der Waals surface area contributed by atoms with Gasteiger partial charge in [0.15, 0.2) is 5.69 Å². The lowest BCUT2D eigenvalue weighted by Gasteiger charge is -2.29. The Hall–Kier alpha value is -3.00. The van der Waals surface area contributed by atoms with E-state index in [0.717, 1.165) is 48.1 Å². The summed E-state index contributed by atoms with van der Waals surface area (Å²) in [7, 11) is 1.99. The van der Waals surface area contributed by atoms with Gasteiger partial charge in [0.1, 0.15) is 5.54 Å². The van der Waals surface area contributed by atoms with Crippen LogP contribution in [0.5, 0.6) is 0 Å². The molecule has 0 saturated heterocycles. The maximum absolute atomic E-state index is 11.3. The SMILES string of the molecule is Cc1cc(-c2noc(-c3nn(C)c4c3CCC(C)(C)C4)n2)cc(C)c1CCNC(C)(C)C(=O)O. The minimum absolute atomic E-state index is 0.272. The number of rotatable bonds is 7. The lowest BCUT2D eigenvalue weighted by molar-refractivity contribution is -0.143. The number of carboxylic acid groups (broad SMARTS) is 1. The third-order valence-electron chi connectivity index (χ3n) is 7.03. The third-order valence-corrected chi connectivity index (χ3v) is 7.03. The van der Waals surface area contributed by atoms with Gasteiger partial charge in [-0.15, -0.1) is 0 Å². The number of hydrogen-bond donors (Lipinski definition) is 2. The first-order valence-corrected chi connectivity index (χ1v) is 11.9. The summed E-state index contributed by atoms with van der Waals surface area (Å²) in [5.41, 5.74) is 6.92. The van der Waals surface area contributed by atoms with E-state index in [2.05, 4.69) is 50.3 Å². The van der Waals surface area contributed by atoms with Crippen molar-refractivity contribution in [3.05, 3.63) is 40.1 Å². The molecule has 4 rings (SSSR count). The molecule has 8 heteroatoms. The second-order valence-corrected chi connectivity index (χ2v) is 10.9. The quantitative estimate of drug-likeness (QED) is 0.537. The average Bonchev–Trinajstić information content (AvgIpc) is 3.34. The Bertz CT molecular complexity index is 1210. The molecule has 2 heterocycles. The number of fused-ring (bicyclic) bond motifs is 1. The highest BCUT2D eigenvalue weighted by Crippen LogP contribution is 2.38. The van der Waals surface area contributed by atoms with Gasteiger partial charge in [-0.2, -0.15) is 10.1 Å². The summed E-state index contributed by atoms with van der Waals surface area (Å²) in [5, 5.41) is 21.4. The van der Waals surface area contributed by atoms with E-state index in [4.69, 9.17) is 14.6 Å². The van der Waals surface area contributed by atoms with E-state index < -0.39 is 11.5 Å². The zero-order chi connectivity index (χ0) is 24.8. The van der Waals surface area contributed by atoms with Gasteiger partial charge >= 0.3 is 5.97 Å². The van der Waals surface area contributed by atoms with Gasteiger partial charge < -0.3 is 14.9 Å². The number of benzene rings is 1. The first kappa shape index (κ1) is 24.1. The van der Waals surface area contributed by atoms with Crippen molar-refractivity contribution in [3.8, 4) is 23.0 Å². The van der Waals surface area contributed by atoms with E-state index >= 15 is 0 Å². The van der Waals surface area contributed by atoms with Crippen molar-refractivity contribution >= 4 is 5.97 Å². The number of nitrogens with one attached hydrogen (secondary N) is 1. The summed E-state index contributed by atoms with van der Waals surface area (Å²) in [5.74, 6) is 0.154. The van der Waals surface area contributed by atoms with Crippen LogP contribution in [0.3, 0.4) is 0 Å². The molecular weight excluding hydrogens is 430 g/mol. The number of nitrogens with zero attached hydrogens (tertiary/aromatic N) is 4. The number of carboxylic acids is 1. The minimum atomic E-state index is -0.955. The van der Waals surface area contributed by atoms with E-state index in [1.807, 2.05) is 11.7 Å². The summed E-state index contributed by atoms with van der Waals surface area (Å²) >= 11 is 0. The van der Waals surface area contributed by atoms with E-state index in [9.17, 15) is 9.90 Å². The highest BCUT2D eigenvalue weighted by molar-refractivity contribution is 5.77. The second kappa shape index (κ2) is 8.65. The molecule has 1 aliphatic carbocycles. The van der Waals surface area contributed by atoms with Gasteiger partial charge in [0.05, 0.1) is 0 Å². The molecule has 1 aliphatic rings. The molecule has 0 saturated carbocycles. The Morgan fingerprint density at radius 1 is 1.26 bits per heavy atom. The van der Waals surface area contributed by atoms with Gasteiger partial charge in [-0.25, -0.2) is 0 Å². The standard InChI is InChI=1S/C26H35N5O3/c1-15-12-17(13-16(2)18(15)9-11-27-26(5,6)24(32)33)22-28-23(34-30-22)21-19-8-10-25(3,4)14-20(19)31(7)29-21/h12-13,27H,8-11,14H2,1-7H3,(H,32,33). The largest absolute Gasteiger partial charge is 0.480 e. The van der Waals surface area contributed by atoms with Crippen LogP contribution in [0.25, 0.3) is 23.0 Å². The van der Waals surface area contributed by atoms with Gasteiger partial charge in [0, 0.05) is 30.4 Å². The van der Waals surface area contributed by atoms with Crippen LogP contribution in [0.4, 0.5) is 0 Å². The first-order chi connectivity index (χ1) is 15.9. The van der Waals surface area contributed by atoms with Gasteiger partial charge in [0.2, 0.25) is 5.82 Å². The molecular formula is C26H35N5O3. The minimum Gasteiger partial charge on any atom is -0.480 e. The number of hydrogen-bond acceptors (Lipinski definition) is 6. The number of aliphatic carboxylic acids is 1. The maximum Gasteiger partial charge on any atom is 0.323 e. The van der Waals surface area contributed by atoms with E-state index in [0.29, 0.717) is 18.3 Å². The van der Waals surface area contributed by atoms with E-state index in [-0.39, 0.29) is 5.41 Å². The Balaban J connectivity index is 1.55. The summed E-state index contributed by atoms with van der Waals surface area (Å²) in [4.78, 5) is 16.0. The monoisotopic (exact) mass is 465 g/mol. The molecule has 3 aromatic rings. The van der Waals surface area contributed by atoms with Gasteiger partial charge in [0.25, 0.3) is 5.89 Å². The van der Waals surface area contributed by atoms with Gasteiger partial charge in [-0.1, -0.05) is 19.0 Å². The fraction of sp³-hybridized carbons (Fsp3) is 0.538. The summed E-state index contributed by atoms with van der Waals surface area (Å²) in [6, 6.07) is 4.13. The zero-order valence-electron chi connectivity index (χ0n) is 21.2. The maximum atomic E-state index is 11.3. The van der Waals surface area contributed by atoms with Crippen LogP contribution in [0.2, 0.25) is 0 Å². The molecule has 0 bridgehead atoms. The molecule has 0 aliphatic heterocycles. The molecule has 0 atom stereocenters. The molecule has 0 radical (unpaired) electrons. The van der Waals surface area contributed by atoms with Crippen LogP contribution in [-0.4, -0.2) is 43.1 Å². The highest BCUT2D eigenvalue weighted by Gasteiger charge is 2.32. The van der Waals surface area contributed by atoms with Crippen molar-refractivity contribution in [3.63, 3.8) is 0 Å². The van der Waals surface area contributed by atoms with Crippen LogP contribution in [0, 0.1) is 19.3 Å². The van der Waals surface area contributed by atoms with Crippen molar-refractivity contribution in [1.82, 2.24) is 25.2 Å². The van der Waals surface area contributed by atoms with Crippen molar-refractivity contribution in [2.24, 2.45) is 12.5 Å². The highest BCUT2D eigenvalue weighted by atomic mass is 16.5. The van der Waals surface area contributed by atoms with Crippen LogP contribution in [-0.2, 0) is 31.1 Å². The smallest absolute Gasteiger partial charge is 0.323 e. The Morgan fingerprint density at radius 2 is 1.94 bits per heavy atom. The molecule has 0 fully saturated rings. The summed E-state index contributed by atoms with van der Waals surface area (Å²) in [6.07, 6.45) is 3.80. The molecule has 2 N–H and O–H groups in total. The lowest BCUT2D eigenvalue weighted by atomic mass is 9.76. The van der Waals surface area contributed by atoms with Crippen molar-refractivity contribution < 1.29 is 14.4 Å². The van der Waals surface area contributed by atoms with E-state index in [1.165, 1.54) is 16.8 Å². The number of aryl methyl sites for hydroxylation is 3. The fourth-order valence-corrected chi connectivity index (χ4v) is 4.79. The molecule has 0 spiro atoms. The first-order valence-electron chi connectivity index (χ1n) is 11.9. The fourth-order valence-electron chi connectivity index (χ4n) is 4.79. The van der Waals surface area contributed by atoms with Crippen molar-refractivity contribution in [2.75, 3.05) is 6.54 Å². The van der Waals surface area contributed by atoms with Crippen LogP contribution in [0.1, 0.15) is 62.1 Å². The van der Waals surface area contributed by atoms with Crippen molar-refractivity contribution in [1.29, 1.82) is 0 Å². The van der Waals surface area contributed by atoms with Crippen LogP contribution < -0.4 is 5.32 Å². The molecule has 0 unspecified atom stereocenters. The molecule has 8 nitrogen and oxygen atoms in total. The molecule has 0 amide bonds. The second-order valence-electron chi connectivity index (χ2n) is 10.9. The molecule has 182 valence electrons. The van der Waals surface area contributed by atoms with Gasteiger partial charge in [-0.05, 0) is 87.6 Å². The Kier molecular flexibility index (Phi) is 6.14. The Morgan fingerprint density at radius 3 is 2.59 bits per heavy atom. The predicted octanol–water partition coefficient (Wildman–Crippen LogP) is 4.26. The third kappa shape index (κ3) is 4.64. The molecule has 1 aromatic carbocycles. The lowest BCUT2D eigenvalue weighted by Crippen LogP contribution is -2.47. The van der Waals surface area contributed by atoms with Crippen LogP contribution in [0.15, 0.2) is 16.7 Å². The van der Waals surface area contributed by atoms with E-state index in [1.54, 1.807) is 13.8 Å². The summed E-state index contributed by atoms with van der Waals surface area (Å²) < 4.78 is 7.63. The predicted molar refractivity (Wildman–Crippen MR) is 131 cm³/mol. The average molecular weight is 466 g/mol. The zero-order valence-corrected chi connectivity index (χ0v) is 21.2. The normalized spacial score (nSPS) is 15.4. The number of aromatic nitrogens is 4. The molecule has 2 aromatic heterocycles. The summed E-state index contributed by atoms with van der Waals surface area (Å²) in [6.45, 7) is 12.6. The molecule has 34 heavy (non-hydrogen) atoms. The number of carbonyl (C=O) groups is 1. The topological polar surface area (TPSA) is 106 Å². The Labute approximate surface area is 200 Å². The van der Waals surface area contributed by atoms with Gasteiger partial charge in [-0.3, -0.25) is 9.48 Å².